The molecule has 1 saturated heterocycles. The smallest absolute Gasteiger partial charge is 0.310 e. The van der Waals surface area contributed by atoms with Crippen LogP contribution in [0.2, 0.25) is 5.02 Å². The number of ether oxygens (including phenoxy) is 1. The van der Waals surface area contributed by atoms with E-state index in [1.54, 1.807) is 6.07 Å². The molecule has 108 valence electrons. The van der Waals surface area contributed by atoms with Gasteiger partial charge in [0.1, 0.15) is 4.99 Å². The first-order chi connectivity index (χ1) is 9.54. The van der Waals surface area contributed by atoms with Gasteiger partial charge in [-0.1, -0.05) is 29.9 Å². The summed E-state index contributed by atoms with van der Waals surface area (Å²) in [5.41, 5.74) is 7.33. The molecule has 0 amide bonds. The molecule has 2 rings (SSSR count). The van der Waals surface area contributed by atoms with Crippen molar-refractivity contribution >= 4 is 40.5 Å². The van der Waals surface area contributed by atoms with Gasteiger partial charge in [-0.2, -0.15) is 0 Å². The summed E-state index contributed by atoms with van der Waals surface area (Å²) in [4.78, 5) is 14.1. The van der Waals surface area contributed by atoms with Crippen LogP contribution in [0.15, 0.2) is 18.2 Å². The number of anilines is 1. The summed E-state index contributed by atoms with van der Waals surface area (Å²) in [6.45, 7) is 1.45. The van der Waals surface area contributed by atoms with E-state index in [1.807, 2.05) is 12.1 Å². The number of thiocarbonyl (C=S) groups is 1. The Kier molecular flexibility index (Phi) is 4.83. The maximum Gasteiger partial charge on any atom is 0.310 e. The molecule has 0 aliphatic carbocycles. The molecular formula is C14H17ClN2O2S. The summed E-state index contributed by atoms with van der Waals surface area (Å²) < 4.78 is 4.83. The number of piperidine rings is 1. The Bertz CT molecular complexity index is 536. The van der Waals surface area contributed by atoms with Crippen molar-refractivity contribution in [3.8, 4) is 0 Å². The highest BCUT2D eigenvalue weighted by molar-refractivity contribution is 7.80. The highest BCUT2D eigenvalue weighted by atomic mass is 35.5. The lowest BCUT2D eigenvalue weighted by Gasteiger charge is -2.34. The fraction of sp³-hybridized carbons (Fsp3) is 0.429. The number of nitrogens with zero attached hydrogens (tertiary/aromatic N) is 1. The molecule has 0 bridgehead atoms. The van der Waals surface area contributed by atoms with Gasteiger partial charge in [-0.25, -0.2) is 0 Å². The second-order valence-corrected chi connectivity index (χ2v) is 5.65. The molecule has 2 N–H and O–H groups in total. The molecule has 1 heterocycles. The maximum atomic E-state index is 11.7. The van der Waals surface area contributed by atoms with Gasteiger partial charge < -0.3 is 15.4 Å². The fourth-order valence-electron chi connectivity index (χ4n) is 2.58. The number of hydrogen-bond acceptors (Lipinski definition) is 4. The normalized spacial score (nSPS) is 18.7. The van der Waals surface area contributed by atoms with E-state index in [1.165, 1.54) is 7.11 Å². The molecule has 20 heavy (non-hydrogen) atoms. The molecule has 0 saturated carbocycles. The van der Waals surface area contributed by atoms with E-state index in [9.17, 15) is 4.79 Å². The zero-order valence-electron chi connectivity index (χ0n) is 11.3. The molecule has 0 radical (unpaired) electrons. The Labute approximate surface area is 128 Å². The minimum absolute atomic E-state index is 0.119. The van der Waals surface area contributed by atoms with Gasteiger partial charge in [-0.3, -0.25) is 4.79 Å². The Morgan fingerprint density at radius 3 is 2.95 bits per heavy atom. The predicted octanol–water partition coefficient (Wildman–Crippen LogP) is 2.36. The Morgan fingerprint density at radius 1 is 1.55 bits per heavy atom. The van der Waals surface area contributed by atoms with E-state index in [4.69, 9.17) is 34.3 Å². The van der Waals surface area contributed by atoms with E-state index < -0.39 is 0 Å². The molecule has 1 aromatic rings. The number of halogens is 1. The summed E-state index contributed by atoms with van der Waals surface area (Å²) >= 11 is 11.3. The van der Waals surface area contributed by atoms with Crippen LogP contribution in [0.4, 0.5) is 5.69 Å². The van der Waals surface area contributed by atoms with Crippen LogP contribution in [0.5, 0.6) is 0 Å². The van der Waals surface area contributed by atoms with Crippen molar-refractivity contribution in [2.75, 3.05) is 25.1 Å². The van der Waals surface area contributed by atoms with Crippen LogP contribution in [0.3, 0.4) is 0 Å². The Morgan fingerprint density at radius 2 is 2.30 bits per heavy atom. The first-order valence-corrected chi connectivity index (χ1v) is 7.24. The maximum absolute atomic E-state index is 11.7. The van der Waals surface area contributed by atoms with Crippen LogP contribution in [-0.4, -0.2) is 31.2 Å². The van der Waals surface area contributed by atoms with Crippen LogP contribution in [0.25, 0.3) is 0 Å². The lowest BCUT2D eigenvalue weighted by molar-refractivity contribution is -0.145. The largest absolute Gasteiger partial charge is 0.469 e. The number of rotatable bonds is 3. The third kappa shape index (κ3) is 3.04. The zero-order valence-corrected chi connectivity index (χ0v) is 12.8. The van der Waals surface area contributed by atoms with E-state index >= 15 is 0 Å². The van der Waals surface area contributed by atoms with Crippen molar-refractivity contribution in [2.45, 2.75) is 12.8 Å². The summed E-state index contributed by atoms with van der Waals surface area (Å²) in [6, 6.07) is 5.56. The van der Waals surface area contributed by atoms with Crippen LogP contribution in [0, 0.1) is 5.92 Å². The van der Waals surface area contributed by atoms with Crippen molar-refractivity contribution in [2.24, 2.45) is 11.7 Å². The standard InChI is InChI=1S/C14H17ClN2O2S/c1-19-14(18)9-4-3-7-17(8-9)11-6-2-5-10(15)12(11)13(16)20/h2,5-6,9H,3-4,7-8H2,1H3,(H2,16,20). The van der Waals surface area contributed by atoms with E-state index in [2.05, 4.69) is 4.90 Å². The minimum Gasteiger partial charge on any atom is -0.469 e. The first kappa shape index (κ1) is 15.1. The number of hydrogen-bond donors (Lipinski definition) is 1. The quantitative estimate of drug-likeness (QED) is 0.686. The van der Waals surface area contributed by atoms with Crippen molar-refractivity contribution < 1.29 is 9.53 Å². The second kappa shape index (κ2) is 6.41. The molecule has 0 aromatic heterocycles. The molecular weight excluding hydrogens is 296 g/mol. The SMILES string of the molecule is COC(=O)C1CCCN(c2cccc(Cl)c2C(N)=S)C1. The average Bonchev–Trinajstić information content (AvgIpc) is 2.45. The summed E-state index contributed by atoms with van der Waals surface area (Å²) in [5.74, 6) is -0.291. The third-order valence-electron chi connectivity index (χ3n) is 3.53. The van der Waals surface area contributed by atoms with Crippen molar-refractivity contribution in [1.29, 1.82) is 0 Å². The van der Waals surface area contributed by atoms with Crippen molar-refractivity contribution in [1.82, 2.24) is 0 Å². The third-order valence-corrected chi connectivity index (χ3v) is 4.05. The van der Waals surface area contributed by atoms with Gasteiger partial charge in [0.25, 0.3) is 0 Å². The number of esters is 1. The van der Waals surface area contributed by atoms with Crippen molar-refractivity contribution in [3.05, 3.63) is 28.8 Å². The number of benzene rings is 1. The number of nitrogens with two attached hydrogens (primary N) is 1. The Balaban J connectivity index is 2.30. The van der Waals surface area contributed by atoms with Gasteiger partial charge in [0.2, 0.25) is 0 Å². The lowest BCUT2D eigenvalue weighted by atomic mass is 9.97. The van der Waals surface area contributed by atoms with Crippen LogP contribution in [0.1, 0.15) is 18.4 Å². The van der Waals surface area contributed by atoms with Gasteiger partial charge in [0.05, 0.1) is 23.6 Å². The van der Waals surface area contributed by atoms with Gasteiger partial charge in [-0.05, 0) is 25.0 Å². The van der Waals surface area contributed by atoms with Crippen LogP contribution in [-0.2, 0) is 9.53 Å². The van der Waals surface area contributed by atoms with Crippen molar-refractivity contribution in [3.63, 3.8) is 0 Å². The zero-order chi connectivity index (χ0) is 14.7. The summed E-state index contributed by atoms with van der Waals surface area (Å²) in [7, 11) is 1.42. The Hall–Kier alpha value is -1.33. The highest BCUT2D eigenvalue weighted by Crippen LogP contribution is 2.31. The summed E-state index contributed by atoms with van der Waals surface area (Å²) in [6.07, 6.45) is 1.76. The number of carbonyl (C=O) groups is 1. The number of methoxy groups -OCH3 is 1. The van der Waals surface area contributed by atoms with Gasteiger partial charge in [0.15, 0.2) is 0 Å². The van der Waals surface area contributed by atoms with Crippen LogP contribution < -0.4 is 10.6 Å². The fourth-order valence-corrected chi connectivity index (χ4v) is 3.12. The summed E-state index contributed by atoms with van der Waals surface area (Å²) in [5, 5.41) is 0.537. The van der Waals surface area contributed by atoms with Gasteiger partial charge in [-0.15, -0.1) is 0 Å². The predicted molar refractivity (Wildman–Crippen MR) is 84.3 cm³/mol. The van der Waals surface area contributed by atoms with E-state index in [0.29, 0.717) is 17.1 Å². The molecule has 6 heteroatoms. The lowest BCUT2D eigenvalue weighted by Crippen LogP contribution is -2.40. The van der Waals surface area contributed by atoms with Gasteiger partial charge in [0, 0.05) is 18.8 Å². The topological polar surface area (TPSA) is 55.6 Å². The molecule has 4 nitrogen and oxygen atoms in total. The monoisotopic (exact) mass is 312 g/mol. The average molecular weight is 313 g/mol. The first-order valence-electron chi connectivity index (χ1n) is 6.45. The highest BCUT2D eigenvalue weighted by Gasteiger charge is 2.28. The molecule has 1 unspecified atom stereocenters. The second-order valence-electron chi connectivity index (χ2n) is 4.81. The molecule has 0 spiro atoms. The van der Waals surface area contributed by atoms with Gasteiger partial charge >= 0.3 is 5.97 Å². The number of carbonyl (C=O) groups excluding carboxylic acids is 1. The van der Waals surface area contributed by atoms with Crippen LogP contribution >= 0.6 is 23.8 Å². The molecule has 1 aliphatic rings. The molecule has 1 fully saturated rings. The van der Waals surface area contributed by atoms with E-state index in [-0.39, 0.29) is 16.9 Å². The minimum atomic E-state index is -0.173. The molecule has 1 atom stereocenters. The molecule has 1 aliphatic heterocycles. The molecule has 1 aromatic carbocycles. The van der Waals surface area contributed by atoms with E-state index in [0.717, 1.165) is 25.1 Å².